The molecule has 0 bridgehead atoms. The van der Waals surface area contributed by atoms with Gasteiger partial charge in [0.1, 0.15) is 11.2 Å². The fourth-order valence-corrected chi connectivity index (χ4v) is 2.62. The molecular formula is C21H29N5O4. The van der Waals surface area contributed by atoms with E-state index in [4.69, 9.17) is 9.47 Å². The Hall–Kier alpha value is -2.94. The summed E-state index contributed by atoms with van der Waals surface area (Å²) in [6.07, 6.45) is 1.27. The van der Waals surface area contributed by atoms with Gasteiger partial charge in [0.15, 0.2) is 6.33 Å². The summed E-state index contributed by atoms with van der Waals surface area (Å²) in [4.78, 5) is 26.3. The Labute approximate surface area is 176 Å². The number of hydrogen-bond donors (Lipinski definition) is 0. The largest absolute Gasteiger partial charge is 0.459 e. The SMILES string of the molecule is CC(C)(C)OC(=O)CN(CC(=O)OC(C)(C)C)Cc1ccc(-c2nncnn2)cc1. The van der Waals surface area contributed by atoms with Crippen molar-refractivity contribution in [2.75, 3.05) is 13.1 Å². The van der Waals surface area contributed by atoms with Gasteiger partial charge < -0.3 is 9.47 Å². The highest BCUT2D eigenvalue weighted by Gasteiger charge is 2.23. The van der Waals surface area contributed by atoms with Gasteiger partial charge in [-0.2, -0.15) is 0 Å². The lowest BCUT2D eigenvalue weighted by atomic mass is 10.1. The van der Waals surface area contributed by atoms with E-state index < -0.39 is 23.1 Å². The Morgan fingerprint density at radius 1 is 0.833 bits per heavy atom. The Bertz CT molecular complexity index is 812. The van der Waals surface area contributed by atoms with Crippen LogP contribution in [0.15, 0.2) is 30.6 Å². The van der Waals surface area contributed by atoms with E-state index in [0.29, 0.717) is 12.4 Å². The highest BCUT2D eigenvalue weighted by atomic mass is 16.6. The second-order valence-corrected chi connectivity index (χ2v) is 8.88. The Kier molecular flexibility index (Phi) is 7.55. The molecular weight excluding hydrogens is 386 g/mol. The maximum Gasteiger partial charge on any atom is 0.320 e. The first-order valence-corrected chi connectivity index (χ1v) is 9.67. The van der Waals surface area contributed by atoms with E-state index in [-0.39, 0.29) is 13.1 Å². The Morgan fingerprint density at radius 2 is 1.30 bits per heavy atom. The van der Waals surface area contributed by atoms with Gasteiger partial charge in [0.25, 0.3) is 0 Å². The summed E-state index contributed by atoms with van der Waals surface area (Å²) in [6.45, 7) is 11.1. The number of rotatable bonds is 7. The topological polar surface area (TPSA) is 107 Å². The van der Waals surface area contributed by atoms with Crippen LogP contribution in [0.4, 0.5) is 0 Å². The van der Waals surface area contributed by atoms with E-state index in [9.17, 15) is 9.59 Å². The van der Waals surface area contributed by atoms with Crippen LogP contribution in [0.3, 0.4) is 0 Å². The lowest BCUT2D eigenvalue weighted by Gasteiger charge is -2.26. The molecule has 0 spiro atoms. The molecule has 0 N–H and O–H groups in total. The first kappa shape index (κ1) is 23.3. The molecule has 0 aliphatic carbocycles. The Balaban J connectivity index is 2.11. The molecule has 30 heavy (non-hydrogen) atoms. The van der Waals surface area contributed by atoms with Crippen molar-refractivity contribution in [2.24, 2.45) is 0 Å². The van der Waals surface area contributed by atoms with Crippen LogP contribution in [0.1, 0.15) is 47.1 Å². The summed E-state index contributed by atoms with van der Waals surface area (Å²) in [5.41, 5.74) is 0.468. The van der Waals surface area contributed by atoms with Gasteiger partial charge in [0.05, 0.1) is 13.1 Å². The molecule has 2 rings (SSSR count). The van der Waals surface area contributed by atoms with Crippen LogP contribution >= 0.6 is 0 Å². The van der Waals surface area contributed by atoms with Crippen LogP contribution in [-0.2, 0) is 25.6 Å². The zero-order valence-electron chi connectivity index (χ0n) is 18.4. The quantitative estimate of drug-likeness (QED) is 0.630. The Morgan fingerprint density at radius 3 is 1.73 bits per heavy atom. The molecule has 9 nitrogen and oxygen atoms in total. The van der Waals surface area contributed by atoms with Gasteiger partial charge in [-0.25, -0.2) is 0 Å². The summed E-state index contributed by atoms with van der Waals surface area (Å²) in [6, 6.07) is 7.44. The number of benzene rings is 1. The molecule has 1 aromatic heterocycles. The van der Waals surface area contributed by atoms with Gasteiger partial charge in [-0.3, -0.25) is 14.5 Å². The van der Waals surface area contributed by atoms with Crippen LogP contribution in [0.25, 0.3) is 11.4 Å². The third-order valence-corrected chi connectivity index (χ3v) is 3.57. The van der Waals surface area contributed by atoms with E-state index in [2.05, 4.69) is 20.4 Å². The predicted molar refractivity (Wildman–Crippen MR) is 110 cm³/mol. The van der Waals surface area contributed by atoms with E-state index in [0.717, 1.165) is 11.1 Å². The van der Waals surface area contributed by atoms with Gasteiger partial charge in [-0.1, -0.05) is 24.3 Å². The predicted octanol–water partition coefficient (Wildman–Crippen LogP) is 2.42. The molecule has 0 aliphatic rings. The number of nitrogens with zero attached hydrogens (tertiary/aromatic N) is 5. The van der Waals surface area contributed by atoms with Crippen LogP contribution in [0.5, 0.6) is 0 Å². The smallest absolute Gasteiger partial charge is 0.320 e. The lowest BCUT2D eigenvalue weighted by molar-refractivity contribution is -0.160. The molecule has 0 radical (unpaired) electrons. The summed E-state index contributed by atoms with van der Waals surface area (Å²) in [7, 11) is 0. The van der Waals surface area contributed by atoms with Crippen LogP contribution < -0.4 is 0 Å². The zero-order valence-corrected chi connectivity index (χ0v) is 18.4. The highest BCUT2D eigenvalue weighted by Crippen LogP contribution is 2.16. The standard InChI is InChI=1S/C21H29N5O4/c1-20(2,3)29-17(27)12-26(13-18(28)30-21(4,5)6)11-15-7-9-16(10-8-15)19-24-22-14-23-25-19/h7-10,14H,11-13H2,1-6H3. The summed E-state index contributed by atoms with van der Waals surface area (Å²) >= 11 is 0. The molecule has 0 aliphatic heterocycles. The maximum absolute atomic E-state index is 12.3. The third-order valence-electron chi connectivity index (χ3n) is 3.57. The van der Waals surface area contributed by atoms with Crippen molar-refractivity contribution < 1.29 is 19.1 Å². The lowest BCUT2D eigenvalue weighted by Crippen LogP contribution is -2.39. The minimum atomic E-state index is -0.603. The molecule has 1 aromatic carbocycles. The fourth-order valence-electron chi connectivity index (χ4n) is 2.62. The first-order valence-electron chi connectivity index (χ1n) is 9.67. The fraction of sp³-hybridized carbons (Fsp3) is 0.524. The highest BCUT2D eigenvalue weighted by molar-refractivity contribution is 5.75. The number of ether oxygens (including phenoxy) is 2. The molecule has 0 unspecified atom stereocenters. The molecule has 1 heterocycles. The van der Waals surface area contributed by atoms with Crippen molar-refractivity contribution in [1.29, 1.82) is 0 Å². The molecule has 162 valence electrons. The molecule has 0 saturated carbocycles. The number of hydrogen-bond acceptors (Lipinski definition) is 9. The van der Waals surface area contributed by atoms with Crippen molar-refractivity contribution in [3.05, 3.63) is 36.2 Å². The number of aromatic nitrogens is 4. The van der Waals surface area contributed by atoms with Crippen LogP contribution in [-0.4, -0.2) is 61.5 Å². The second-order valence-electron chi connectivity index (χ2n) is 8.88. The average molecular weight is 415 g/mol. The second kappa shape index (κ2) is 9.71. The first-order chi connectivity index (χ1) is 13.9. The van der Waals surface area contributed by atoms with E-state index >= 15 is 0 Å². The number of esters is 2. The summed E-state index contributed by atoms with van der Waals surface area (Å²) < 4.78 is 10.8. The number of carbonyl (C=O) groups excluding carboxylic acids is 2. The van der Waals surface area contributed by atoms with Crippen LogP contribution in [0.2, 0.25) is 0 Å². The van der Waals surface area contributed by atoms with Gasteiger partial charge in [0, 0.05) is 12.1 Å². The van der Waals surface area contributed by atoms with Crippen molar-refractivity contribution in [1.82, 2.24) is 25.3 Å². The minimum Gasteiger partial charge on any atom is -0.459 e. The molecule has 0 fully saturated rings. The minimum absolute atomic E-state index is 0.0338. The van der Waals surface area contributed by atoms with Gasteiger partial charge in [0.2, 0.25) is 5.82 Å². The average Bonchev–Trinajstić information content (AvgIpc) is 2.59. The molecule has 9 heteroatoms. The molecule has 0 amide bonds. The molecule has 2 aromatic rings. The van der Waals surface area contributed by atoms with E-state index in [1.54, 1.807) is 46.4 Å². The zero-order chi connectivity index (χ0) is 22.4. The van der Waals surface area contributed by atoms with E-state index in [1.807, 2.05) is 24.3 Å². The van der Waals surface area contributed by atoms with Crippen molar-refractivity contribution in [3.63, 3.8) is 0 Å². The monoisotopic (exact) mass is 415 g/mol. The van der Waals surface area contributed by atoms with Gasteiger partial charge >= 0.3 is 11.9 Å². The third kappa shape index (κ3) is 8.60. The summed E-state index contributed by atoms with van der Waals surface area (Å²) in [5, 5.41) is 15.3. The van der Waals surface area contributed by atoms with Crippen molar-refractivity contribution in [3.8, 4) is 11.4 Å². The van der Waals surface area contributed by atoms with Gasteiger partial charge in [-0.05, 0) is 47.1 Å². The number of carbonyl (C=O) groups is 2. The normalized spacial score (nSPS) is 12.0. The van der Waals surface area contributed by atoms with Crippen molar-refractivity contribution >= 4 is 11.9 Å². The van der Waals surface area contributed by atoms with Gasteiger partial charge in [-0.15, -0.1) is 20.4 Å². The summed E-state index contributed by atoms with van der Waals surface area (Å²) in [5.74, 6) is -0.390. The molecule has 0 atom stereocenters. The molecule has 0 saturated heterocycles. The van der Waals surface area contributed by atoms with Crippen LogP contribution in [0, 0.1) is 0 Å². The van der Waals surface area contributed by atoms with E-state index in [1.165, 1.54) is 6.33 Å². The maximum atomic E-state index is 12.3. The van der Waals surface area contributed by atoms with Crippen molar-refractivity contribution in [2.45, 2.75) is 59.3 Å².